The van der Waals surface area contributed by atoms with E-state index in [1.807, 2.05) is 18.2 Å². The van der Waals surface area contributed by atoms with Crippen LogP contribution in [0.5, 0.6) is 0 Å². The second-order valence-corrected chi connectivity index (χ2v) is 6.69. The maximum Gasteiger partial charge on any atom is 0.229 e. The number of anilines is 3. The molecule has 6 heteroatoms. The standard InChI is InChI=1S/C19H16Cl2N4/c20-15-6-3-7-16(18(15)21)23-19-22-10-8-17(24-19)25-11-9-13-4-1-2-5-14(13)12-25/h1-8,10H,9,11-12H2,(H,22,23,24). The first-order chi connectivity index (χ1) is 12.2. The van der Waals surface area contributed by atoms with E-state index in [0.717, 1.165) is 25.3 Å². The highest BCUT2D eigenvalue weighted by atomic mass is 35.5. The molecule has 4 nitrogen and oxygen atoms in total. The molecule has 0 bridgehead atoms. The first-order valence-electron chi connectivity index (χ1n) is 8.06. The van der Waals surface area contributed by atoms with Crippen LogP contribution in [0.2, 0.25) is 10.0 Å². The van der Waals surface area contributed by atoms with E-state index in [4.69, 9.17) is 23.2 Å². The van der Waals surface area contributed by atoms with Gasteiger partial charge in [-0.15, -0.1) is 0 Å². The zero-order valence-corrected chi connectivity index (χ0v) is 14.9. The third-order valence-electron chi connectivity index (χ3n) is 4.29. The summed E-state index contributed by atoms with van der Waals surface area (Å²) in [5, 5.41) is 4.11. The van der Waals surface area contributed by atoms with Crippen LogP contribution in [0.3, 0.4) is 0 Å². The maximum atomic E-state index is 6.23. The van der Waals surface area contributed by atoms with Crippen molar-refractivity contribution >= 4 is 40.7 Å². The number of hydrogen-bond donors (Lipinski definition) is 1. The average molecular weight is 371 g/mol. The molecule has 0 fully saturated rings. The van der Waals surface area contributed by atoms with Gasteiger partial charge in [0, 0.05) is 19.3 Å². The van der Waals surface area contributed by atoms with Crippen LogP contribution >= 0.6 is 23.2 Å². The molecular formula is C19H16Cl2N4. The lowest BCUT2D eigenvalue weighted by molar-refractivity contribution is 0.720. The highest BCUT2D eigenvalue weighted by Crippen LogP contribution is 2.31. The Balaban J connectivity index is 1.57. The number of benzene rings is 2. The quantitative estimate of drug-likeness (QED) is 0.696. The summed E-state index contributed by atoms with van der Waals surface area (Å²) in [4.78, 5) is 11.2. The molecule has 4 rings (SSSR count). The molecule has 126 valence electrons. The lowest BCUT2D eigenvalue weighted by Gasteiger charge is -2.29. The Bertz CT molecular complexity index is 913. The van der Waals surface area contributed by atoms with E-state index in [0.29, 0.717) is 21.7 Å². The Morgan fingerprint density at radius 2 is 1.80 bits per heavy atom. The Hall–Kier alpha value is -2.30. The van der Waals surface area contributed by atoms with Gasteiger partial charge in [0.15, 0.2) is 0 Å². The summed E-state index contributed by atoms with van der Waals surface area (Å²) in [6.45, 7) is 1.79. The number of fused-ring (bicyclic) bond motifs is 1. The van der Waals surface area contributed by atoms with Crippen LogP contribution in [-0.4, -0.2) is 16.5 Å². The predicted molar refractivity (Wildman–Crippen MR) is 103 cm³/mol. The molecule has 3 aromatic rings. The van der Waals surface area contributed by atoms with Gasteiger partial charge in [0.05, 0.1) is 15.7 Å². The molecule has 0 unspecified atom stereocenters. The van der Waals surface area contributed by atoms with Gasteiger partial charge in [-0.1, -0.05) is 53.5 Å². The summed E-state index contributed by atoms with van der Waals surface area (Å²) in [5.74, 6) is 1.39. The third kappa shape index (κ3) is 3.41. The number of aromatic nitrogens is 2. The number of hydrogen-bond acceptors (Lipinski definition) is 4. The van der Waals surface area contributed by atoms with Crippen molar-refractivity contribution in [3.8, 4) is 0 Å². The van der Waals surface area contributed by atoms with Crippen molar-refractivity contribution in [2.45, 2.75) is 13.0 Å². The lowest BCUT2D eigenvalue weighted by Crippen LogP contribution is -2.31. The minimum Gasteiger partial charge on any atom is -0.352 e. The summed E-state index contributed by atoms with van der Waals surface area (Å²) in [7, 11) is 0. The Labute approximate surface area is 156 Å². The van der Waals surface area contributed by atoms with Crippen LogP contribution in [0.1, 0.15) is 11.1 Å². The first kappa shape index (κ1) is 16.2. The number of halogens is 2. The average Bonchev–Trinajstić information content (AvgIpc) is 2.65. The molecule has 0 saturated heterocycles. The number of nitrogens with one attached hydrogen (secondary N) is 1. The smallest absolute Gasteiger partial charge is 0.229 e. The van der Waals surface area contributed by atoms with Gasteiger partial charge in [-0.2, -0.15) is 4.98 Å². The van der Waals surface area contributed by atoms with E-state index >= 15 is 0 Å². The molecule has 0 amide bonds. The zero-order valence-electron chi connectivity index (χ0n) is 13.4. The second kappa shape index (κ2) is 6.90. The predicted octanol–water partition coefficient (Wildman–Crippen LogP) is 5.09. The van der Waals surface area contributed by atoms with E-state index < -0.39 is 0 Å². The van der Waals surface area contributed by atoms with Crippen molar-refractivity contribution in [3.63, 3.8) is 0 Å². The summed E-state index contributed by atoms with van der Waals surface area (Å²) < 4.78 is 0. The summed E-state index contributed by atoms with van der Waals surface area (Å²) in [6, 6.07) is 15.9. The van der Waals surface area contributed by atoms with E-state index in [1.54, 1.807) is 12.3 Å². The highest BCUT2D eigenvalue weighted by molar-refractivity contribution is 6.43. The third-order valence-corrected chi connectivity index (χ3v) is 5.11. The summed E-state index contributed by atoms with van der Waals surface area (Å²) in [6.07, 6.45) is 2.77. The molecule has 25 heavy (non-hydrogen) atoms. The van der Waals surface area contributed by atoms with Crippen molar-refractivity contribution in [3.05, 3.63) is 75.9 Å². The summed E-state index contributed by atoms with van der Waals surface area (Å²) >= 11 is 12.3. The summed E-state index contributed by atoms with van der Waals surface area (Å²) in [5.41, 5.74) is 3.45. The van der Waals surface area contributed by atoms with Crippen molar-refractivity contribution in [1.29, 1.82) is 0 Å². The monoisotopic (exact) mass is 370 g/mol. The molecule has 0 saturated carbocycles. The van der Waals surface area contributed by atoms with Gasteiger partial charge in [0.2, 0.25) is 5.95 Å². The Morgan fingerprint density at radius 3 is 2.68 bits per heavy atom. The molecule has 0 radical (unpaired) electrons. The minimum absolute atomic E-state index is 0.463. The molecule has 1 aromatic heterocycles. The van der Waals surface area contributed by atoms with Crippen LogP contribution in [0.25, 0.3) is 0 Å². The Morgan fingerprint density at radius 1 is 0.960 bits per heavy atom. The highest BCUT2D eigenvalue weighted by Gasteiger charge is 2.17. The van der Waals surface area contributed by atoms with Gasteiger partial charge in [-0.05, 0) is 35.7 Å². The molecule has 0 aliphatic carbocycles. The van der Waals surface area contributed by atoms with E-state index in [-0.39, 0.29) is 0 Å². The fourth-order valence-corrected chi connectivity index (χ4v) is 3.35. The number of rotatable bonds is 3. The van der Waals surface area contributed by atoms with Gasteiger partial charge in [-0.3, -0.25) is 0 Å². The van der Waals surface area contributed by atoms with Gasteiger partial charge in [0.1, 0.15) is 5.82 Å². The van der Waals surface area contributed by atoms with E-state index in [9.17, 15) is 0 Å². The fourth-order valence-electron chi connectivity index (χ4n) is 3.00. The maximum absolute atomic E-state index is 6.23. The first-order valence-corrected chi connectivity index (χ1v) is 8.82. The fraction of sp³-hybridized carbons (Fsp3) is 0.158. The van der Waals surface area contributed by atoms with E-state index in [2.05, 4.69) is 44.5 Å². The van der Waals surface area contributed by atoms with Gasteiger partial charge in [-0.25, -0.2) is 4.98 Å². The molecule has 1 N–H and O–H groups in total. The van der Waals surface area contributed by atoms with Gasteiger partial charge in [0.25, 0.3) is 0 Å². The second-order valence-electron chi connectivity index (χ2n) is 5.91. The molecule has 1 aliphatic heterocycles. The van der Waals surface area contributed by atoms with Crippen LogP contribution in [0.4, 0.5) is 17.5 Å². The van der Waals surface area contributed by atoms with Gasteiger partial charge >= 0.3 is 0 Å². The van der Waals surface area contributed by atoms with Crippen molar-refractivity contribution in [1.82, 2.24) is 9.97 Å². The topological polar surface area (TPSA) is 41.1 Å². The normalized spacial score (nSPS) is 13.4. The molecule has 0 spiro atoms. The Kier molecular flexibility index (Phi) is 4.47. The van der Waals surface area contributed by atoms with Crippen LogP contribution in [0, 0.1) is 0 Å². The SMILES string of the molecule is Clc1cccc(Nc2nccc(N3CCc4ccccc4C3)n2)c1Cl. The number of nitrogens with zero attached hydrogens (tertiary/aromatic N) is 3. The molecular weight excluding hydrogens is 355 g/mol. The lowest BCUT2D eigenvalue weighted by atomic mass is 10.00. The minimum atomic E-state index is 0.463. The van der Waals surface area contributed by atoms with Crippen molar-refractivity contribution in [2.75, 3.05) is 16.8 Å². The molecule has 1 aliphatic rings. The van der Waals surface area contributed by atoms with Crippen LogP contribution < -0.4 is 10.2 Å². The molecule has 2 heterocycles. The van der Waals surface area contributed by atoms with Crippen LogP contribution in [-0.2, 0) is 13.0 Å². The van der Waals surface area contributed by atoms with Gasteiger partial charge < -0.3 is 10.2 Å². The molecule has 2 aromatic carbocycles. The van der Waals surface area contributed by atoms with E-state index in [1.165, 1.54) is 11.1 Å². The van der Waals surface area contributed by atoms with Crippen molar-refractivity contribution in [2.24, 2.45) is 0 Å². The van der Waals surface area contributed by atoms with Crippen LogP contribution in [0.15, 0.2) is 54.7 Å². The molecule has 0 atom stereocenters. The largest absolute Gasteiger partial charge is 0.352 e. The zero-order chi connectivity index (χ0) is 17.2. The van der Waals surface area contributed by atoms with Crippen molar-refractivity contribution < 1.29 is 0 Å².